The minimum atomic E-state index is -0.432. The number of benzene rings is 2. The first-order valence-electron chi connectivity index (χ1n) is 6.19. The summed E-state index contributed by atoms with van der Waals surface area (Å²) in [5.74, 6) is 0.102. The van der Waals surface area contributed by atoms with Gasteiger partial charge in [0.2, 0.25) is 5.95 Å². The Bertz CT molecular complexity index is 795. The molecule has 102 valence electrons. The Hall–Kier alpha value is -2.56. The van der Waals surface area contributed by atoms with Gasteiger partial charge in [0, 0.05) is 6.07 Å². The number of hydrogen-bond donors (Lipinski definition) is 1. The topological polar surface area (TPSA) is 53.1 Å². The summed E-state index contributed by atoms with van der Waals surface area (Å²) in [5, 5.41) is 0. The molecule has 20 heavy (non-hydrogen) atoms. The quantitative estimate of drug-likeness (QED) is 0.779. The first-order valence-corrected chi connectivity index (χ1v) is 6.19. The van der Waals surface area contributed by atoms with Crippen LogP contribution in [0.1, 0.15) is 5.56 Å². The number of fused-ring (bicyclic) bond motifs is 1. The Kier molecular flexibility index (Phi) is 2.82. The smallest absolute Gasteiger partial charge is 0.205 e. The van der Waals surface area contributed by atoms with Crippen molar-refractivity contribution in [1.29, 1.82) is 0 Å². The van der Waals surface area contributed by atoms with E-state index in [1.807, 2.05) is 25.1 Å². The number of rotatable bonds is 2. The SMILES string of the molecule is COc1ccc(-n2c(N)nc3c(C)cccc32)cc1F. The number of aromatic nitrogens is 2. The minimum absolute atomic E-state index is 0.202. The van der Waals surface area contributed by atoms with Gasteiger partial charge in [-0.05, 0) is 30.7 Å². The second-order valence-electron chi connectivity index (χ2n) is 4.57. The molecule has 0 saturated heterocycles. The number of nitrogens with two attached hydrogens (primary N) is 1. The van der Waals surface area contributed by atoms with Crippen LogP contribution < -0.4 is 10.5 Å². The summed E-state index contributed by atoms with van der Waals surface area (Å²) >= 11 is 0. The number of nitrogen functional groups attached to an aromatic ring is 1. The highest BCUT2D eigenvalue weighted by atomic mass is 19.1. The lowest BCUT2D eigenvalue weighted by Crippen LogP contribution is -2.01. The largest absolute Gasteiger partial charge is 0.494 e. The minimum Gasteiger partial charge on any atom is -0.494 e. The van der Waals surface area contributed by atoms with E-state index in [-0.39, 0.29) is 5.75 Å². The molecular formula is C15H14FN3O. The van der Waals surface area contributed by atoms with Crippen LogP contribution >= 0.6 is 0 Å². The zero-order chi connectivity index (χ0) is 14.3. The van der Waals surface area contributed by atoms with E-state index in [1.165, 1.54) is 13.2 Å². The van der Waals surface area contributed by atoms with Gasteiger partial charge in [-0.15, -0.1) is 0 Å². The van der Waals surface area contributed by atoms with Gasteiger partial charge in [0.1, 0.15) is 0 Å². The zero-order valence-corrected chi connectivity index (χ0v) is 11.2. The standard InChI is InChI=1S/C15H14FN3O/c1-9-4-3-5-12-14(9)18-15(17)19(12)10-6-7-13(20-2)11(16)8-10/h3-8H,1-2H3,(H2,17,18). The molecule has 0 aliphatic rings. The first kappa shape index (κ1) is 12.5. The van der Waals surface area contributed by atoms with Crippen LogP contribution in [-0.2, 0) is 0 Å². The van der Waals surface area contributed by atoms with Crippen LogP contribution in [0, 0.1) is 12.7 Å². The summed E-state index contributed by atoms with van der Waals surface area (Å²) < 4.78 is 20.5. The first-order chi connectivity index (χ1) is 9.61. The van der Waals surface area contributed by atoms with Crippen molar-refractivity contribution >= 4 is 17.0 Å². The molecule has 0 aliphatic heterocycles. The van der Waals surface area contributed by atoms with Crippen molar-refractivity contribution in [2.24, 2.45) is 0 Å². The average molecular weight is 271 g/mol. The number of ether oxygens (including phenoxy) is 1. The highest BCUT2D eigenvalue weighted by Crippen LogP contribution is 2.27. The normalized spacial score (nSPS) is 10.9. The van der Waals surface area contributed by atoms with E-state index in [2.05, 4.69) is 4.98 Å². The molecule has 0 amide bonds. The fraction of sp³-hybridized carbons (Fsp3) is 0.133. The lowest BCUT2D eigenvalue weighted by molar-refractivity contribution is 0.386. The Morgan fingerprint density at radius 3 is 2.75 bits per heavy atom. The van der Waals surface area contributed by atoms with Gasteiger partial charge in [-0.1, -0.05) is 12.1 Å². The van der Waals surface area contributed by atoms with E-state index >= 15 is 0 Å². The molecule has 0 aliphatic carbocycles. The number of halogens is 1. The van der Waals surface area contributed by atoms with Crippen LogP contribution in [0.25, 0.3) is 16.7 Å². The molecule has 1 aromatic heterocycles. The number of aryl methyl sites for hydroxylation is 1. The lowest BCUT2D eigenvalue weighted by Gasteiger charge is -2.08. The van der Waals surface area contributed by atoms with Gasteiger partial charge in [-0.3, -0.25) is 4.57 Å². The molecule has 0 unspecified atom stereocenters. The molecule has 2 aromatic carbocycles. The van der Waals surface area contributed by atoms with Crippen molar-refractivity contribution in [3.05, 3.63) is 47.8 Å². The number of anilines is 1. The Balaban J connectivity index is 2.27. The van der Waals surface area contributed by atoms with Gasteiger partial charge < -0.3 is 10.5 Å². The maximum absolute atomic E-state index is 13.9. The van der Waals surface area contributed by atoms with E-state index in [0.29, 0.717) is 11.6 Å². The van der Waals surface area contributed by atoms with E-state index in [4.69, 9.17) is 10.5 Å². The number of imidazole rings is 1. The second kappa shape index (κ2) is 4.52. The molecule has 0 atom stereocenters. The van der Waals surface area contributed by atoms with Gasteiger partial charge in [-0.2, -0.15) is 0 Å². The van der Waals surface area contributed by atoms with Crippen molar-refractivity contribution in [3.63, 3.8) is 0 Å². The van der Waals surface area contributed by atoms with Crippen molar-refractivity contribution in [2.75, 3.05) is 12.8 Å². The van der Waals surface area contributed by atoms with Gasteiger partial charge in [-0.25, -0.2) is 9.37 Å². The van der Waals surface area contributed by atoms with Crippen LogP contribution in [0.3, 0.4) is 0 Å². The second-order valence-corrected chi connectivity index (χ2v) is 4.57. The molecule has 0 bridgehead atoms. The molecule has 4 nitrogen and oxygen atoms in total. The third-order valence-electron chi connectivity index (χ3n) is 3.31. The Morgan fingerprint density at radius 1 is 1.25 bits per heavy atom. The monoisotopic (exact) mass is 271 g/mol. The van der Waals surface area contributed by atoms with Crippen LogP contribution in [0.5, 0.6) is 5.75 Å². The zero-order valence-electron chi connectivity index (χ0n) is 11.2. The van der Waals surface area contributed by atoms with Crippen LogP contribution in [0.4, 0.5) is 10.3 Å². The van der Waals surface area contributed by atoms with Gasteiger partial charge in [0.25, 0.3) is 0 Å². The summed E-state index contributed by atoms with van der Waals surface area (Å²) in [6.07, 6.45) is 0. The van der Waals surface area contributed by atoms with Gasteiger partial charge >= 0.3 is 0 Å². The molecule has 0 fully saturated rings. The fourth-order valence-electron chi connectivity index (χ4n) is 2.32. The van der Waals surface area contributed by atoms with Crippen LogP contribution in [-0.4, -0.2) is 16.7 Å². The molecule has 5 heteroatoms. The number of para-hydroxylation sites is 1. The Labute approximate surface area is 115 Å². The predicted molar refractivity (Wildman–Crippen MR) is 76.7 cm³/mol. The highest BCUT2D eigenvalue weighted by Gasteiger charge is 2.13. The van der Waals surface area contributed by atoms with Crippen molar-refractivity contribution in [2.45, 2.75) is 6.92 Å². The third-order valence-corrected chi connectivity index (χ3v) is 3.31. The average Bonchev–Trinajstić information content (AvgIpc) is 2.76. The summed E-state index contributed by atoms with van der Waals surface area (Å²) in [4.78, 5) is 4.35. The summed E-state index contributed by atoms with van der Waals surface area (Å²) in [6, 6.07) is 10.5. The predicted octanol–water partition coefficient (Wildman–Crippen LogP) is 3.06. The molecule has 0 spiro atoms. The third kappa shape index (κ3) is 1.79. The maximum atomic E-state index is 13.9. The number of nitrogens with zero attached hydrogens (tertiary/aromatic N) is 2. The highest BCUT2D eigenvalue weighted by molar-refractivity contribution is 5.83. The van der Waals surface area contributed by atoms with Crippen molar-refractivity contribution in [1.82, 2.24) is 9.55 Å². The van der Waals surface area contributed by atoms with E-state index < -0.39 is 5.82 Å². The van der Waals surface area contributed by atoms with E-state index in [0.717, 1.165) is 16.6 Å². The summed E-state index contributed by atoms with van der Waals surface area (Å²) in [5.41, 5.74) is 9.30. The molecular weight excluding hydrogens is 257 g/mol. The summed E-state index contributed by atoms with van der Waals surface area (Å²) in [7, 11) is 1.43. The molecule has 3 rings (SSSR count). The van der Waals surface area contributed by atoms with Gasteiger partial charge in [0.15, 0.2) is 11.6 Å². The molecule has 1 heterocycles. The Morgan fingerprint density at radius 2 is 2.05 bits per heavy atom. The summed E-state index contributed by atoms with van der Waals surface area (Å²) in [6.45, 7) is 1.97. The molecule has 0 radical (unpaired) electrons. The molecule has 3 aromatic rings. The van der Waals surface area contributed by atoms with Crippen molar-refractivity contribution in [3.8, 4) is 11.4 Å². The van der Waals surface area contributed by atoms with Gasteiger partial charge in [0.05, 0.1) is 23.8 Å². The molecule has 2 N–H and O–H groups in total. The van der Waals surface area contributed by atoms with E-state index in [9.17, 15) is 4.39 Å². The number of methoxy groups -OCH3 is 1. The van der Waals surface area contributed by atoms with Crippen LogP contribution in [0.15, 0.2) is 36.4 Å². The fourth-order valence-corrected chi connectivity index (χ4v) is 2.32. The lowest BCUT2D eigenvalue weighted by atomic mass is 10.2. The van der Waals surface area contributed by atoms with Crippen LogP contribution in [0.2, 0.25) is 0 Å². The van der Waals surface area contributed by atoms with Crippen molar-refractivity contribution < 1.29 is 9.13 Å². The number of hydrogen-bond acceptors (Lipinski definition) is 3. The maximum Gasteiger partial charge on any atom is 0.205 e. The molecule has 0 saturated carbocycles. The van der Waals surface area contributed by atoms with E-state index in [1.54, 1.807) is 16.7 Å².